The van der Waals surface area contributed by atoms with Crippen molar-refractivity contribution in [1.29, 1.82) is 0 Å². The van der Waals surface area contributed by atoms with Crippen molar-refractivity contribution in [3.05, 3.63) is 27.7 Å². The maximum Gasteiger partial charge on any atom is 0.252 e. The summed E-state index contributed by atoms with van der Waals surface area (Å²) in [5, 5.41) is 2.88. The van der Waals surface area contributed by atoms with Crippen molar-refractivity contribution in [2.24, 2.45) is 5.92 Å². The van der Waals surface area contributed by atoms with Gasteiger partial charge in [-0.1, -0.05) is 23.2 Å². The van der Waals surface area contributed by atoms with Crippen molar-refractivity contribution in [2.75, 3.05) is 19.8 Å². The van der Waals surface area contributed by atoms with Crippen molar-refractivity contribution in [3.63, 3.8) is 0 Å². The second-order valence-corrected chi connectivity index (χ2v) is 8.59. The summed E-state index contributed by atoms with van der Waals surface area (Å²) in [5.41, 5.74) is 0.0937. The third-order valence-electron chi connectivity index (χ3n) is 4.03. The Kier molecular flexibility index (Phi) is 5.36. The van der Waals surface area contributed by atoms with Crippen LogP contribution in [-0.4, -0.2) is 40.1 Å². The molecular weight excluding hydrogens is 375 g/mol. The minimum absolute atomic E-state index is 0.00565. The van der Waals surface area contributed by atoms with Crippen LogP contribution in [-0.2, 0) is 14.8 Å². The molecule has 1 aliphatic carbocycles. The van der Waals surface area contributed by atoms with Crippen LogP contribution < -0.4 is 10.0 Å². The smallest absolute Gasteiger partial charge is 0.252 e. The molecule has 0 spiro atoms. The van der Waals surface area contributed by atoms with E-state index >= 15 is 0 Å². The topological polar surface area (TPSA) is 84.5 Å². The van der Waals surface area contributed by atoms with E-state index in [2.05, 4.69) is 10.0 Å². The lowest BCUT2D eigenvalue weighted by Gasteiger charge is -2.13. The average Bonchev–Trinajstić information content (AvgIpc) is 3.15. The molecule has 3 rings (SSSR count). The Balaban J connectivity index is 1.79. The molecule has 2 fully saturated rings. The first-order chi connectivity index (χ1) is 11.4. The van der Waals surface area contributed by atoms with Gasteiger partial charge in [-0.25, -0.2) is 13.1 Å². The van der Waals surface area contributed by atoms with Crippen LogP contribution >= 0.6 is 23.2 Å². The summed E-state index contributed by atoms with van der Waals surface area (Å²) in [6.45, 7) is 1.76. The summed E-state index contributed by atoms with van der Waals surface area (Å²) in [6.07, 6.45) is 2.50. The summed E-state index contributed by atoms with van der Waals surface area (Å²) in [6, 6.07) is 2.47. The predicted octanol–water partition coefficient (Wildman–Crippen LogP) is 2.20. The molecule has 1 unspecified atom stereocenters. The standard InChI is InChI=1S/C15H18Cl2N2O4S/c16-12-6-13(17)14(24(21,22)19-10-1-2-10)5-11(12)15(20)18-7-9-3-4-23-8-9/h5-6,9-10,19H,1-4,7-8H2,(H,18,20). The number of benzene rings is 1. The SMILES string of the molecule is O=C(NCC1CCOC1)c1cc(S(=O)(=O)NC2CC2)c(Cl)cc1Cl. The van der Waals surface area contributed by atoms with E-state index in [4.69, 9.17) is 27.9 Å². The van der Waals surface area contributed by atoms with E-state index in [-0.39, 0.29) is 32.5 Å². The Morgan fingerprint density at radius 2 is 1.96 bits per heavy atom. The second kappa shape index (κ2) is 7.17. The van der Waals surface area contributed by atoms with Crippen LogP contribution in [0.25, 0.3) is 0 Å². The minimum Gasteiger partial charge on any atom is -0.381 e. The van der Waals surface area contributed by atoms with E-state index in [0.29, 0.717) is 19.8 Å². The molecule has 1 atom stereocenters. The quantitative estimate of drug-likeness (QED) is 0.776. The van der Waals surface area contributed by atoms with Gasteiger partial charge in [-0.2, -0.15) is 0 Å². The number of nitrogens with one attached hydrogen (secondary N) is 2. The molecule has 1 aromatic carbocycles. The fraction of sp³-hybridized carbons (Fsp3) is 0.533. The Hall–Kier alpha value is -0.860. The van der Waals surface area contributed by atoms with Gasteiger partial charge in [-0.15, -0.1) is 0 Å². The number of carbonyl (C=O) groups excluding carboxylic acids is 1. The minimum atomic E-state index is -3.77. The van der Waals surface area contributed by atoms with Crippen LogP contribution in [0.2, 0.25) is 10.0 Å². The van der Waals surface area contributed by atoms with Gasteiger partial charge in [-0.05, 0) is 31.4 Å². The lowest BCUT2D eigenvalue weighted by molar-refractivity contribution is 0.0945. The molecule has 1 saturated carbocycles. The molecule has 6 nitrogen and oxygen atoms in total. The van der Waals surface area contributed by atoms with Crippen molar-refractivity contribution < 1.29 is 17.9 Å². The van der Waals surface area contributed by atoms with Crippen LogP contribution in [0.5, 0.6) is 0 Å². The number of halogens is 2. The van der Waals surface area contributed by atoms with Gasteiger partial charge in [0.1, 0.15) is 4.90 Å². The van der Waals surface area contributed by atoms with Gasteiger partial charge < -0.3 is 10.1 Å². The van der Waals surface area contributed by atoms with Gasteiger partial charge in [0.25, 0.3) is 5.91 Å². The summed E-state index contributed by atoms with van der Waals surface area (Å²) >= 11 is 12.1. The number of carbonyl (C=O) groups is 1. The zero-order valence-electron chi connectivity index (χ0n) is 12.8. The highest BCUT2D eigenvalue weighted by atomic mass is 35.5. The molecule has 1 aliphatic heterocycles. The van der Waals surface area contributed by atoms with Crippen LogP contribution in [0.1, 0.15) is 29.6 Å². The summed E-state index contributed by atoms with van der Waals surface area (Å²) in [5.74, 6) is -0.161. The van der Waals surface area contributed by atoms with E-state index in [1.54, 1.807) is 0 Å². The molecule has 1 saturated heterocycles. The Morgan fingerprint density at radius 1 is 1.21 bits per heavy atom. The molecular formula is C15H18Cl2N2O4S. The van der Waals surface area contributed by atoms with E-state index < -0.39 is 15.9 Å². The Morgan fingerprint density at radius 3 is 2.58 bits per heavy atom. The van der Waals surface area contributed by atoms with E-state index in [1.807, 2.05) is 0 Å². The first-order valence-electron chi connectivity index (χ1n) is 7.74. The molecule has 0 radical (unpaired) electrons. The lowest BCUT2D eigenvalue weighted by Crippen LogP contribution is -2.30. The first kappa shape index (κ1) is 17.9. The third-order valence-corrected chi connectivity index (χ3v) is 6.33. The second-order valence-electron chi connectivity index (χ2n) is 6.10. The van der Waals surface area contributed by atoms with Crippen molar-refractivity contribution in [3.8, 4) is 0 Å². The lowest BCUT2D eigenvalue weighted by atomic mass is 10.1. The van der Waals surface area contributed by atoms with Gasteiger partial charge in [0.15, 0.2) is 0 Å². The monoisotopic (exact) mass is 392 g/mol. The van der Waals surface area contributed by atoms with E-state index in [1.165, 1.54) is 12.1 Å². The maximum absolute atomic E-state index is 12.4. The molecule has 132 valence electrons. The third kappa shape index (κ3) is 4.21. The van der Waals surface area contributed by atoms with Crippen LogP contribution in [0.15, 0.2) is 17.0 Å². The van der Waals surface area contributed by atoms with Gasteiger partial charge in [-0.3, -0.25) is 4.79 Å². The molecule has 1 aromatic rings. The Bertz CT molecular complexity index is 744. The number of amides is 1. The van der Waals surface area contributed by atoms with Gasteiger partial charge in [0.2, 0.25) is 10.0 Å². The number of rotatable bonds is 6. The summed E-state index contributed by atoms with van der Waals surface area (Å²) in [4.78, 5) is 12.2. The average molecular weight is 393 g/mol. The van der Waals surface area contributed by atoms with Crippen molar-refractivity contribution in [1.82, 2.24) is 10.0 Å². The molecule has 0 bridgehead atoms. The molecule has 1 amide bonds. The van der Waals surface area contributed by atoms with Crippen LogP contribution in [0.3, 0.4) is 0 Å². The number of sulfonamides is 1. The molecule has 1 heterocycles. The van der Waals surface area contributed by atoms with E-state index in [9.17, 15) is 13.2 Å². The van der Waals surface area contributed by atoms with Crippen molar-refractivity contribution in [2.45, 2.75) is 30.2 Å². The van der Waals surface area contributed by atoms with Gasteiger partial charge in [0, 0.05) is 25.1 Å². The van der Waals surface area contributed by atoms with Gasteiger partial charge >= 0.3 is 0 Å². The fourth-order valence-electron chi connectivity index (χ4n) is 2.47. The van der Waals surface area contributed by atoms with Crippen LogP contribution in [0.4, 0.5) is 0 Å². The number of hydrogen-bond donors (Lipinski definition) is 2. The summed E-state index contributed by atoms with van der Waals surface area (Å²) < 4.78 is 32.5. The highest BCUT2D eigenvalue weighted by Crippen LogP contribution is 2.30. The molecule has 2 aliphatic rings. The normalized spacial score (nSPS) is 21.0. The van der Waals surface area contributed by atoms with Crippen LogP contribution in [0, 0.1) is 5.92 Å². The Labute approximate surface area is 150 Å². The largest absolute Gasteiger partial charge is 0.381 e. The molecule has 0 aromatic heterocycles. The number of hydrogen-bond acceptors (Lipinski definition) is 4. The number of ether oxygens (including phenoxy) is 1. The first-order valence-corrected chi connectivity index (χ1v) is 9.98. The van der Waals surface area contributed by atoms with E-state index in [0.717, 1.165) is 19.3 Å². The maximum atomic E-state index is 12.4. The summed E-state index contributed by atoms with van der Waals surface area (Å²) in [7, 11) is -3.77. The highest BCUT2D eigenvalue weighted by molar-refractivity contribution is 7.89. The predicted molar refractivity (Wildman–Crippen MR) is 91.1 cm³/mol. The molecule has 9 heteroatoms. The highest BCUT2D eigenvalue weighted by Gasteiger charge is 2.30. The van der Waals surface area contributed by atoms with Crippen molar-refractivity contribution >= 4 is 39.1 Å². The fourth-order valence-corrected chi connectivity index (χ4v) is 4.63. The molecule has 24 heavy (non-hydrogen) atoms. The zero-order valence-corrected chi connectivity index (χ0v) is 15.2. The zero-order chi connectivity index (χ0) is 17.3. The molecule has 2 N–H and O–H groups in total. The van der Waals surface area contributed by atoms with Gasteiger partial charge in [0.05, 0.1) is 22.2 Å².